The lowest BCUT2D eigenvalue weighted by Gasteiger charge is -2.09. The van der Waals surface area contributed by atoms with E-state index in [9.17, 15) is 27.2 Å². The first-order chi connectivity index (χ1) is 8.69. The van der Waals surface area contributed by atoms with Crippen LogP contribution < -0.4 is 11.1 Å². The molecule has 2 amide bonds. The Balaban J connectivity index is 2.70. The van der Waals surface area contributed by atoms with Crippen molar-refractivity contribution < 1.29 is 31.9 Å². The van der Waals surface area contributed by atoms with Crippen LogP contribution in [0.4, 0.5) is 28.0 Å². The molecule has 104 valence electrons. The van der Waals surface area contributed by atoms with Crippen molar-refractivity contribution in [2.75, 3.05) is 11.9 Å². The van der Waals surface area contributed by atoms with Gasteiger partial charge < -0.3 is 10.5 Å². The number of primary amides is 1. The number of rotatable bonds is 3. The fraction of sp³-hybridized carbons (Fsp3) is 0.200. The van der Waals surface area contributed by atoms with Crippen molar-refractivity contribution >= 4 is 17.7 Å². The molecule has 0 heterocycles. The number of halogens is 4. The lowest BCUT2D eigenvalue weighted by atomic mass is 10.2. The molecular weight excluding hydrogens is 272 g/mol. The van der Waals surface area contributed by atoms with Crippen LogP contribution in [0.25, 0.3) is 0 Å². The van der Waals surface area contributed by atoms with Crippen molar-refractivity contribution in [2.24, 2.45) is 5.73 Å². The molecular formula is C10H8F4N2O3. The van der Waals surface area contributed by atoms with E-state index in [4.69, 9.17) is 5.73 Å². The molecule has 5 nitrogen and oxygen atoms in total. The molecule has 0 saturated heterocycles. The molecule has 1 rings (SSSR count). The van der Waals surface area contributed by atoms with Gasteiger partial charge in [-0.25, -0.2) is 9.18 Å². The molecule has 0 saturated carbocycles. The van der Waals surface area contributed by atoms with Crippen molar-refractivity contribution in [3.05, 3.63) is 29.6 Å². The normalized spacial score (nSPS) is 10.9. The van der Waals surface area contributed by atoms with Gasteiger partial charge in [-0.1, -0.05) is 0 Å². The fourth-order valence-corrected chi connectivity index (χ4v) is 1.09. The average molecular weight is 280 g/mol. The summed E-state index contributed by atoms with van der Waals surface area (Å²) in [6.45, 7) is -1.76. The summed E-state index contributed by atoms with van der Waals surface area (Å²) in [7, 11) is 0. The average Bonchev–Trinajstić information content (AvgIpc) is 2.28. The Kier molecular flexibility index (Phi) is 4.30. The molecule has 0 spiro atoms. The summed E-state index contributed by atoms with van der Waals surface area (Å²) in [5.41, 5.74) is 4.23. The van der Waals surface area contributed by atoms with Gasteiger partial charge >= 0.3 is 12.3 Å². The first kappa shape index (κ1) is 14.7. The largest absolute Gasteiger partial charge is 0.440 e. The van der Waals surface area contributed by atoms with E-state index in [0.717, 1.165) is 18.2 Å². The number of hydrogen-bond donors (Lipinski definition) is 2. The van der Waals surface area contributed by atoms with Gasteiger partial charge in [0.15, 0.2) is 6.61 Å². The van der Waals surface area contributed by atoms with Crippen LogP contribution >= 0.6 is 0 Å². The minimum atomic E-state index is -4.65. The second-order valence-corrected chi connectivity index (χ2v) is 3.38. The molecule has 0 fully saturated rings. The molecule has 1 aromatic rings. The molecule has 0 unspecified atom stereocenters. The second kappa shape index (κ2) is 5.55. The van der Waals surface area contributed by atoms with Gasteiger partial charge in [0.05, 0.1) is 5.56 Å². The van der Waals surface area contributed by atoms with E-state index >= 15 is 0 Å². The van der Waals surface area contributed by atoms with Crippen LogP contribution in [0.15, 0.2) is 18.2 Å². The van der Waals surface area contributed by atoms with Crippen molar-refractivity contribution in [1.29, 1.82) is 0 Å². The molecule has 0 aromatic heterocycles. The zero-order chi connectivity index (χ0) is 14.6. The highest BCUT2D eigenvalue weighted by Gasteiger charge is 2.29. The molecule has 0 aliphatic rings. The number of ether oxygens (including phenoxy) is 1. The third-order valence-corrected chi connectivity index (χ3v) is 1.85. The van der Waals surface area contributed by atoms with Crippen LogP contribution in [0, 0.1) is 5.82 Å². The third kappa shape index (κ3) is 4.82. The lowest BCUT2D eigenvalue weighted by Crippen LogP contribution is -2.23. The van der Waals surface area contributed by atoms with Crippen molar-refractivity contribution in [3.63, 3.8) is 0 Å². The Bertz CT molecular complexity index is 502. The second-order valence-electron chi connectivity index (χ2n) is 3.38. The highest BCUT2D eigenvalue weighted by molar-refractivity contribution is 5.95. The summed E-state index contributed by atoms with van der Waals surface area (Å²) in [6.07, 6.45) is -6.04. The molecule has 9 heteroatoms. The Morgan fingerprint density at radius 2 is 1.95 bits per heavy atom. The highest BCUT2D eigenvalue weighted by atomic mass is 19.4. The van der Waals surface area contributed by atoms with Gasteiger partial charge in [-0.05, 0) is 18.2 Å². The quantitative estimate of drug-likeness (QED) is 0.831. The summed E-state index contributed by atoms with van der Waals surface area (Å²) in [5, 5.41) is 1.90. The van der Waals surface area contributed by atoms with Gasteiger partial charge in [0.1, 0.15) is 5.82 Å². The number of nitrogens with one attached hydrogen (secondary N) is 1. The monoisotopic (exact) mass is 280 g/mol. The first-order valence-electron chi connectivity index (χ1n) is 4.79. The summed E-state index contributed by atoms with van der Waals surface area (Å²) in [6, 6.07) is 2.75. The zero-order valence-electron chi connectivity index (χ0n) is 9.25. The first-order valence-corrected chi connectivity index (χ1v) is 4.79. The summed E-state index contributed by atoms with van der Waals surface area (Å²) < 4.78 is 52.2. The minimum absolute atomic E-state index is 0.123. The maximum absolute atomic E-state index is 13.1. The number of carbonyl (C=O) groups excluding carboxylic acids is 2. The molecule has 0 radical (unpaired) electrons. The van der Waals surface area contributed by atoms with Crippen LogP contribution in [0.1, 0.15) is 10.4 Å². The van der Waals surface area contributed by atoms with E-state index in [1.54, 1.807) is 0 Å². The van der Waals surface area contributed by atoms with Gasteiger partial charge in [-0.15, -0.1) is 0 Å². The molecule has 0 aliphatic carbocycles. The number of amides is 2. The van der Waals surface area contributed by atoms with E-state index in [-0.39, 0.29) is 5.69 Å². The van der Waals surface area contributed by atoms with E-state index < -0.39 is 36.2 Å². The van der Waals surface area contributed by atoms with Crippen LogP contribution in [-0.4, -0.2) is 24.8 Å². The van der Waals surface area contributed by atoms with E-state index in [1.165, 1.54) is 0 Å². The maximum Gasteiger partial charge on any atom is 0.422 e. The van der Waals surface area contributed by atoms with Crippen molar-refractivity contribution in [3.8, 4) is 0 Å². The maximum atomic E-state index is 13.1. The summed E-state index contributed by atoms with van der Waals surface area (Å²) in [4.78, 5) is 21.8. The minimum Gasteiger partial charge on any atom is -0.440 e. The molecule has 0 bridgehead atoms. The van der Waals surface area contributed by atoms with Gasteiger partial charge in [-0.2, -0.15) is 13.2 Å². The fourth-order valence-electron chi connectivity index (χ4n) is 1.09. The number of carbonyl (C=O) groups is 2. The van der Waals surface area contributed by atoms with Gasteiger partial charge in [0, 0.05) is 5.69 Å². The highest BCUT2D eigenvalue weighted by Crippen LogP contribution is 2.17. The Hall–Kier alpha value is -2.32. The van der Waals surface area contributed by atoms with E-state index in [0.29, 0.717) is 0 Å². The van der Waals surface area contributed by atoms with Crippen LogP contribution in [0.3, 0.4) is 0 Å². The predicted molar refractivity (Wildman–Crippen MR) is 55.9 cm³/mol. The Morgan fingerprint density at radius 1 is 1.32 bits per heavy atom. The van der Waals surface area contributed by atoms with Gasteiger partial charge in [0.25, 0.3) is 5.91 Å². The number of hydrogen-bond acceptors (Lipinski definition) is 3. The van der Waals surface area contributed by atoms with Crippen molar-refractivity contribution in [1.82, 2.24) is 0 Å². The van der Waals surface area contributed by atoms with E-state index in [2.05, 4.69) is 4.74 Å². The van der Waals surface area contributed by atoms with Gasteiger partial charge in [-0.3, -0.25) is 10.1 Å². The van der Waals surface area contributed by atoms with E-state index in [1.807, 2.05) is 5.32 Å². The standard InChI is InChI=1S/C10H8F4N2O3/c11-7-2-1-5(3-6(7)8(15)17)16-9(18)19-4-10(12,13)14/h1-3H,4H2,(H2,15,17)(H,16,18). The van der Waals surface area contributed by atoms with Crippen LogP contribution in [0.5, 0.6) is 0 Å². The van der Waals surface area contributed by atoms with Crippen LogP contribution in [0.2, 0.25) is 0 Å². The van der Waals surface area contributed by atoms with Crippen molar-refractivity contribution in [2.45, 2.75) is 6.18 Å². The summed E-state index contributed by atoms with van der Waals surface area (Å²) >= 11 is 0. The smallest absolute Gasteiger partial charge is 0.422 e. The zero-order valence-corrected chi connectivity index (χ0v) is 9.25. The number of anilines is 1. The van der Waals surface area contributed by atoms with Gasteiger partial charge in [0.2, 0.25) is 0 Å². The number of nitrogens with two attached hydrogens (primary N) is 1. The molecule has 0 aliphatic heterocycles. The molecule has 1 aromatic carbocycles. The number of alkyl halides is 3. The number of benzene rings is 1. The Morgan fingerprint density at radius 3 is 2.47 bits per heavy atom. The summed E-state index contributed by atoms with van der Waals surface area (Å²) in [5.74, 6) is -1.99. The molecule has 0 atom stereocenters. The lowest BCUT2D eigenvalue weighted by molar-refractivity contribution is -0.159. The Labute approximate surface area is 104 Å². The molecule has 19 heavy (non-hydrogen) atoms. The molecule has 3 N–H and O–H groups in total. The third-order valence-electron chi connectivity index (χ3n) is 1.85. The topological polar surface area (TPSA) is 81.4 Å². The van der Waals surface area contributed by atoms with Crippen LogP contribution in [-0.2, 0) is 4.74 Å². The SMILES string of the molecule is NC(=O)c1cc(NC(=O)OCC(F)(F)F)ccc1F. The predicted octanol–water partition coefficient (Wildman–Crippen LogP) is 2.04.